The molecule has 0 radical (unpaired) electrons. The lowest BCUT2D eigenvalue weighted by atomic mass is 10.2. The maximum atomic E-state index is 12.5. The maximum absolute atomic E-state index is 12.5. The Morgan fingerprint density at radius 2 is 1.96 bits per heavy atom. The quantitative estimate of drug-likeness (QED) is 0.722. The number of rotatable bonds is 5. The van der Waals surface area contributed by atoms with Crippen LogP contribution in [0.3, 0.4) is 0 Å². The maximum Gasteiger partial charge on any atom is 0.255 e. The summed E-state index contributed by atoms with van der Waals surface area (Å²) in [5.41, 5.74) is 3.96. The molecule has 0 fully saturated rings. The predicted octanol–water partition coefficient (Wildman–Crippen LogP) is 4.46. The number of aryl methyl sites for hydroxylation is 1. The van der Waals surface area contributed by atoms with Gasteiger partial charge >= 0.3 is 0 Å². The summed E-state index contributed by atoms with van der Waals surface area (Å²) in [7, 11) is 1.64. The number of methoxy groups -OCH3 is 1. The van der Waals surface area contributed by atoms with Crippen LogP contribution >= 0.6 is 11.6 Å². The lowest BCUT2D eigenvalue weighted by molar-refractivity contribution is 0.102. The molecule has 2 aromatic carbocycles. The number of carbonyl (C=O) groups is 1. The Labute approximate surface area is 157 Å². The molecule has 1 heterocycles. The minimum absolute atomic E-state index is 0.209. The first-order chi connectivity index (χ1) is 12.5. The smallest absolute Gasteiger partial charge is 0.255 e. The molecule has 0 saturated heterocycles. The third-order valence-electron chi connectivity index (χ3n) is 4.17. The average Bonchev–Trinajstić information content (AvgIpc) is 2.89. The van der Waals surface area contributed by atoms with Crippen LogP contribution in [-0.2, 0) is 6.54 Å². The van der Waals surface area contributed by atoms with Crippen molar-refractivity contribution < 1.29 is 9.53 Å². The molecule has 1 aromatic heterocycles. The summed E-state index contributed by atoms with van der Waals surface area (Å²) >= 11 is 5.97. The number of amides is 1. The highest BCUT2D eigenvalue weighted by Crippen LogP contribution is 2.23. The minimum atomic E-state index is -0.209. The Morgan fingerprint density at radius 1 is 1.19 bits per heavy atom. The topological polar surface area (TPSA) is 56.1 Å². The van der Waals surface area contributed by atoms with Gasteiger partial charge in [0.2, 0.25) is 0 Å². The minimum Gasteiger partial charge on any atom is -0.497 e. The second kappa shape index (κ2) is 7.62. The number of carbonyl (C=O) groups excluding carboxylic acids is 1. The summed E-state index contributed by atoms with van der Waals surface area (Å²) in [4.78, 5) is 12.5. The zero-order valence-electron chi connectivity index (χ0n) is 14.9. The van der Waals surface area contributed by atoms with Crippen LogP contribution in [0.1, 0.15) is 27.3 Å². The van der Waals surface area contributed by atoms with E-state index in [0.29, 0.717) is 17.1 Å². The van der Waals surface area contributed by atoms with E-state index < -0.39 is 0 Å². The van der Waals surface area contributed by atoms with Crippen molar-refractivity contribution in [1.82, 2.24) is 9.78 Å². The number of halogens is 1. The second-order valence-corrected chi connectivity index (χ2v) is 6.46. The monoisotopic (exact) mass is 369 g/mol. The largest absolute Gasteiger partial charge is 0.497 e. The van der Waals surface area contributed by atoms with Gasteiger partial charge in [-0.3, -0.25) is 9.48 Å². The van der Waals surface area contributed by atoms with Gasteiger partial charge in [-0.1, -0.05) is 29.8 Å². The summed E-state index contributed by atoms with van der Waals surface area (Å²) < 4.78 is 7.14. The van der Waals surface area contributed by atoms with E-state index in [-0.39, 0.29) is 5.91 Å². The van der Waals surface area contributed by atoms with Crippen LogP contribution in [0.5, 0.6) is 5.75 Å². The van der Waals surface area contributed by atoms with E-state index in [0.717, 1.165) is 28.4 Å². The van der Waals surface area contributed by atoms with E-state index in [1.165, 1.54) is 0 Å². The third kappa shape index (κ3) is 3.89. The fourth-order valence-electron chi connectivity index (χ4n) is 2.79. The van der Waals surface area contributed by atoms with Gasteiger partial charge in [0.05, 0.1) is 30.7 Å². The lowest BCUT2D eigenvalue weighted by Crippen LogP contribution is -2.13. The van der Waals surface area contributed by atoms with Crippen molar-refractivity contribution >= 4 is 23.2 Å². The van der Waals surface area contributed by atoms with Crippen molar-refractivity contribution in [3.63, 3.8) is 0 Å². The number of anilines is 1. The molecule has 0 unspecified atom stereocenters. The Kier molecular flexibility index (Phi) is 5.28. The Balaban J connectivity index is 1.82. The second-order valence-electron chi connectivity index (χ2n) is 6.02. The molecule has 0 atom stereocenters. The average molecular weight is 370 g/mol. The number of benzene rings is 2. The van der Waals surface area contributed by atoms with Crippen LogP contribution in [0.4, 0.5) is 5.69 Å². The third-order valence-corrected chi connectivity index (χ3v) is 4.41. The summed E-state index contributed by atoms with van der Waals surface area (Å²) in [5.74, 6) is 0.596. The van der Waals surface area contributed by atoms with E-state index in [2.05, 4.69) is 10.4 Å². The molecule has 26 heavy (non-hydrogen) atoms. The van der Waals surface area contributed by atoms with E-state index in [1.54, 1.807) is 31.4 Å². The van der Waals surface area contributed by atoms with Gasteiger partial charge in [-0.25, -0.2) is 0 Å². The van der Waals surface area contributed by atoms with Crippen molar-refractivity contribution in [2.45, 2.75) is 20.4 Å². The zero-order chi connectivity index (χ0) is 18.7. The van der Waals surface area contributed by atoms with Gasteiger partial charge in [0.25, 0.3) is 5.91 Å². The summed E-state index contributed by atoms with van der Waals surface area (Å²) in [5, 5.41) is 8.03. The standard InChI is InChI=1S/C20H20ClN3O2/c1-13-19(22-20(25)16-7-5-8-17(21)11-16)14(2)24(23-13)12-15-6-4-9-18(10-15)26-3/h4-11H,12H2,1-3H3,(H,22,25). The van der Waals surface area contributed by atoms with Crippen LogP contribution in [0, 0.1) is 13.8 Å². The molecule has 0 aliphatic heterocycles. The van der Waals surface area contributed by atoms with E-state index in [1.807, 2.05) is 42.8 Å². The Bertz CT molecular complexity index is 950. The van der Waals surface area contributed by atoms with Crippen LogP contribution in [-0.4, -0.2) is 22.8 Å². The molecule has 3 rings (SSSR count). The molecule has 1 N–H and O–H groups in total. The Hall–Kier alpha value is -2.79. The van der Waals surface area contributed by atoms with Crippen LogP contribution < -0.4 is 10.1 Å². The van der Waals surface area contributed by atoms with Gasteiger partial charge in [0, 0.05) is 10.6 Å². The number of nitrogens with one attached hydrogen (secondary N) is 1. The number of ether oxygens (including phenoxy) is 1. The first-order valence-electron chi connectivity index (χ1n) is 8.22. The van der Waals surface area contributed by atoms with E-state index in [4.69, 9.17) is 16.3 Å². The summed E-state index contributed by atoms with van der Waals surface area (Å²) in [6, 6.07) is 14.7. The van der Waals surface area contributed by atoms with Crippen molar-refractivity contribution in [1.29, 1.82) is 0 Å². The molecule has 6 heteroatoms. The molecule has 1 amide bonds. The fraction of sp³-hybridized carbons (Fsp3) is 0.200. The summed E-state index contributed by atoms with van der Waals surface area (Å²) in [6.07, 6.45) is 0. The van der Waals surface area contributed by atoms with E-state index in [9.17, 15) is 4.79 Å². The molecule has 0 saturated carbocycles. The number of hydrogen-bond acceptors (Lipinski definition) is 3. The van der Waals surface area contributed by atoms with Crippen LogP contribution in [0.15, 0.2) is 48.5 Å². The first-order valence-corrected chi connectivity index (χ1v) is 8.59. The van der Waals surface area contributed by atoms with Crippen molar-refractivity contribution in [3.8, 4) is 5.75 Å². The molecular formula is C20H20ClN3O2. The number of hydrogen-bond donors (Lipinski definition) is 1. The van der Waals surface area contributed by atoms with Gasteiger partial charge in [0.15, 0.2) is 0 Å². The molecule has 3 aromatic rings. The molecule has 0 bridgehead atoms. The van der Waals surface area contributed by atoms with Gasteiger partial charge in [-0.15, -0.1) is 0 Å². The van der Waals surface area contributed by atoms with Crippen molar-refractivity contribution in [2.24, 2.45) is 0 Å². The number of aromatic nitrogens is 2. The highest BCUT2D eigenvalue weighted by molar-refractivity contribution is 6.31. The van der Waals surface area contributed by atoms with Gasteiger partial charge < -0.3 is 10.1 Å². The van der Waals surface area contributed by atoms with Crippen LogP contribution in [0.2, 0.25) is 5.02 Å². The van der Waals surface area contributed by atoms with Gasteiger partial charge in [-0.05, 0) is 49.7 Å². The SMILES string of the molecule is COc1cccc(Cn2nc(C)c(NC(=O)c3cccc(Cl)c3)c2C)c1. The molecule has 0 spiro atoms. The highest BCUT2D eigenvalue weighted by atomic mass is 35.5. The normalized spacial score (nSPS) is 10.6. The van der Waals surface area contributed by atoms with Gasteiger partial charge in [-0.2, -0.15) is 5.10 Å². The Morgan fingerprint density at radius 3 is 2.69 bits per heavy atom. The highest BCUT2D eigenvalue weighted by Gasteiger charge is 2.15. The molecule has 134 valence electrons. The lowest BCUT2D eigenvalue weighted by Gasteiger charge is -2.08. The first kappa shape index (κ1) is 18.0. The molecule has 0 aliphatic carbocycles. The van der Waals surface area contributed by atoms with Crippen molar-refractivity contribution in [3.05, 3.63) is 76.1 Å². The van der Waals surface area contributed by atoms with Crippen LogP contribution in [0.25, 0.3) is 0 Å². The molecule has 5 nitrogen and oxygen atoms in total. The zero-order valence-corrected chi connectivity index (χ0v) is 15.7. The number of nitrogens with zero attached hydrogens (tertiary/aromatic N) is 2. The summed E-state index contributed by atoms with van der Waals surface area (Å²) in [6.45, 7) is 4.41. The predicted molar refractivity (Wildman–Crippen MR) is 103 cm³/mol. The van der Waals surface area contributed by atoms with Crippen molar-refractivity contribution in [2.75, 3.05) is 12.4 Å². The van der Waals surface area contributed by atoms with E-state index >= 15 is 0 Å². The van der Waals surface area contributed by atoms with Gasteiger partial charge in [0.1, 0.15) is 5.75 Å². The molecule has 0 aliphatic rings. The fourth-order valence-corrected chi connectivity index (χ4v) is 2.98. The molecular weight excluding hydrogens is 350 g/mol.